The van der Waals surface area contributed by atoms with Crippen molar-refractivity contribution in [3.05, 3.63) is 46.6 Å². The molecule has 0 bridgehead atoms. The summed E-state index contributed by atoms with van der Waals surface area (Å²) in [5.41, 5.74) is 2.07. The molecule has 0 saturated carbocycles. The van der Waals surface area contributed by atoms with E-state index in [0.717, 1.165) is 11.1 Å². The van der Waals surface area contributed by atoms with Crippen molar-refractivity contribution < 1.29 is 9.53 Å². The first-order valence-corrected chi connectivity index (χ1v) is 6.38. The monoisotopic (exact) mass is 291 g/mol. The minimum Gasteiger partial charge on any atom is -0.481 e. The molecule has 0 spiro atoms. The van der Waals surface area contributed by atoms with E-state index in [-0.39, 0.29) is 23.4 Å². The maximum Gasteiger partial charge on any atom is 0.234 e. The van der Waals surface area contributed by atoms with Crippen molar-refractivity contribution in [1.82, 2.24) is 9.97 Å². The number of ether oxygens (including phenoxy) is 1. The molecule has 104 valence electrons. The summed E-state index contributed by atoms with van der Waals surface area (Å²) >= 11 is 5.81. The summed E-state index contributed by atoms with van der Waals surface area (Å²) in [7, 11) is 1.47. The second-order valence-electron chi connectivity index (χ2n) is 4.27. The fourth-order valence-electron chi connectivity index (χ4n) is 1.62. The van der Waals surface area contributed by atoms with E-state index in [1.54, 1.807) is 0 Å². The Labute approximate surface area is 122 Å². The van der Waals surface area contributed by atoms with Crippen molar-refractivity contribution in [2.45, 2.75) is 13.3 Å². The smallest absolute Gasteiger partial charge is 0.234 e. The molecule has 0 unspecified atom stereocenters. The van der Waals surface area contributed by atoms with E-state index < -0.39 is 0 Å². The van der Waals surface area contributed by atoms with Crippen LogP contribution in [0.25, 0.3) is 0 Å². The molecule has 1 N–H and O–H groups in total. The maximum atomic E-state index is 11.9. The summed E-state index contributed by atoms with van der Waals surface area (Å²) in [6.07, 6.45) is 0.248. The van der Waals surface area contributed by atoms with Crippen molar-refractivity contribution in [3.63, 3.8) is 0 Å². The highest BCUT2D eigenvalue weighted by Gasteiger charge is 2.08. The highest BCUT2D eigenvalue weighted by atomic mass is 35.5. The molecule has 1 amide bonds. The van der Waals surface area contributed by atoms with Crippen LogP contribution in [0.2, 0.25) is 5.15 Å². The lowest BCUT2D eigenvalue weighted by Gasteiger charge is -2.06. The van der Waals surface area contributed by atoms with Gasteiger partial charge in [0.2, 0.25) is 17.7 Å². The third-order valence-electron chi connectivity index (χ3n) is 2.62. The molecule has 1 aromatic heterocycles. The molecule has 0 aliphatic heterocycles. The maximum absolute atomic E-state index is 11.9. The van der Waals surface area contributed by atoms with Gasteiger partial charge in [-0.1, -0.05) is 41.4 Å². The Bertz CT molecular complexity index is 614. The van der Waals surface area contributed by atoms with E-state index in [1.165, 1.54) is 13.2 Å². The first-order valence-electron chi connectivity index (χ1n) is 6.01. The topological polar surface area (TPSA) is 64.1 Å². The van der Waals surface area contributed by atoms with Gasteiger partial charge in [-0.05, 0) is 12.5 Å². The van der Waals surface area contributed by atoms with Gasteiger partial charge in [0.25, 0.3) is 0 Å². The van der Waals surface area contributed by atoms with Crippen LogP contribution < -0.4 is 10.1 Å². The van der Waals surface area contributed by atoms with E-state index in [1.807, 2.05) is 31.2 Å². The molecule has 0 radical (unpaired) electrons. The van der Waals surface area contributed by atoms with E-state index in [9.17, 15) is 4.79 Å². The standard InChI is InChI=1S/C14H14ClN3O2/c1-9-3-5-10(6-4-9)7-12(19)17-14-16-11(15)8-13(18-14)20-2/h3-6,8H,7H2,1-2H3,(H,16,17,18,19). The molecule has 0 aliphatic rings. The van der Waals surface area contributed by atoms with Crippen molar-refractivity contribution in [2.24, 2.45) is 0 Å². The summed E-state index contributed by atoms with van der Waals surface area (Å²) in [5, 5.41) is 2.81. The lowest BCUT2D eigenvalue weighted by Crippen LogP contribution is -2.16. The summed E-state index contributed by atoms with van der Waals surface area (Å²) in [5.74, 6) is 0.222. The number of amides is 1. The van der Waals surface area contributed by atoms with Gasteiger partial charge in [-0.15, -0.1) is 0 Å². The molecule has 1 aromatic carbocycles. The van der Waals surface area contributed by atoms with Gasteiger partial charge < -0.3 is 4.74 Å². The summed E-state index contributed by atoms with van der Waals surface area (Å²) < 4.78 is 4.96. The summed E-state index contributed by atoms with van der Waals surface area (Å²) in [6, 6.07) is 9.21. The molecule has 0 fully saturated rings. The number of benzene rings is 1. The van der Waals surface area contributed by atoms with Crippen LogP contribution in [0, 0.1) is 6.92 Å². The van der Waals surface area contributed by atoms with Crippen LogP contribution in [0.3, 0.4) is 0 Å². The van der Waals surface area contributed by atoms with E-state index in [2.05, 4.69) is 15.3 Å². The summed E-state index contributed by atoms with van der Waals surface area (Å²) in [4.78, 5) is 19.8. The molecule has 1 heterocycles. The molecule has 0 aliphatic carbocycles. The first-order chi connectivity index (χ1) is 9.56. The third kappa shape index (κ3) is 3.93. The molecule has 6 heteroatoms. The van der Waals surface area contributed by atoms with Gasteiger partial charge in [0.05, 0.1) is 13.5 Å². The van der Waals surface area contributed by atoms with Gasteiger partial charge in [-0.25, -0.2) is 4.98 Å². The second-order valence-corrected chi connectivity index (χ2v) is 4.65. The third-order valence-corrected chi connectivity index (χ3v) is 2.81. The predicted octanol–water partition coefficient (Wildman–Crippen LogP) is 2.63. The zero-order chi connectivity index (χ0) is 14.5. The Kier molecular flexibility index (Phi) is 4.53. The Morgan fingerprint density at radius 3 is 2.65 bits per heavy atom. The number of carbonyl (C=O) groups is 1. The average molecular weight is 292 g/mol. The van der Waals surface area contributed by atoms with Crippen LogP contribution in [-0.4, -0.2) is 23.0 Å². The van der Waals surface area contributed by atoms with E-state index in [4.69, 9.17) is 16.3 Å². The van der Waals surface area contributed by atoms with Crippen LogP contribution in [-0.2, 0) is 11.2 Å². The highest BCUT2D eigenvalue weighted by molar-refractivity contribution is 6.29. The minimum atomic E-state index is -0.210. The normalized spacial score (nSPS) is 10.2. The van der Waals surface area contributed by atoms with Gasteiger partial charge in [-0.3, -0.25) is 10.1 Å². The van der Waals surface area contributed by atoms with Crippen LogP contribution in [0.4, 0.5) is 5.95 Å². The van der Waals surface area contributed by atoms with Crippen LogP contribution >= 0.6 is 11.6 Å². The molecule has 20 heavy (non-hydrogen) atoms. The molecular formula is C14H14ClN3O2. The minimum absolute atomic E-state index is 0.131. The van der Waals surface area contributed by atoms with Gasteiger partial charge >= 0.3 is 0 Å². The number of carbonyl (C=O) groups excluding carboxylic acids is 1. The van der Waals surface area contributed by atoms with Crippen molar-refractivity contribution in [1.29, 1.82) is 0 Å². The number of nitrogens with one attached hydrogen (secondary N) is 1. The number of aryl methyl sites for hydroxylation is 1. The van der Waals surface area contributed by atoms with Gasteiger partial charge in [-0.2, -0.15) is 4.98 Å². The van der Waals surface area contributed by atoms with Crippen molar-refractivity contribution >= 4 is 23.5 Å². The van der Waals surface area contributed by atoms with Crippen LogP contribution in [0.5, 0.6) is 5.88 Å². The van der Waals surface area contributed by atoms with Crippen LogP contribution in [0.1, 0.15) is 11.1 Å². The Balaban J connectivity index is 2.04. The SMILES string of the molecule is COc1cc(Cl)nc(NC(=O)Cc2ccc(C)cc2)n1. The number of rotatable bonds is 4. The molecule has 2 aromatic rings. The molecule has 2 rings (SSSR count). The molecular weight excluding hydrogens is 278 g/mol. The number of anilines is 1. The van der Waals surface area contributed by atoms with E-state index in [0.29, 0.717) is 5.88 Å². The first kappa shape index (κ1) is 14.3. The number of nitrogens with zero attached hydrogens (tertiary/aromatic N) is 2. The number of methoxy groups -OCH3 is 1. The fourth-order valence-corrected chi connectivity index (χ4v) is 1.79. The highest BCUT2D eigenvalue weighted by Crippen LogP contribution is 2.16. The predicted molar refractivity (Wildman–Crippen MR) is 77.1 cm³/mol. The Hall–Kier alpha value is -2.14. The molecule has 5 nitrogen and oxygen atoms in total. The Morgan fingerprint density at radius 2 is 2.00 bits per heavy atom. The Morgan fingerprint density at radius 1 is 1.30 bits per heavy atom. The fraction of sp³-hybridized carbons (Fsp3) is 0.214. The number of halogens is 1. The molecule has 0 atom stereocenters. The van der Waals surface area contributed by atoms with Crippen molar-refractivity contribution in [3.8, 4) is 5.88 Å². The van der Waals surface area contributed by atoms with Gasteiger partial charge in [0, 0.05) is 6.07 Å². The van der Waals surface area contributed by atoms with E-state index >= 15 is 0 Å². The number of hydrogen-bond acceptors (Lipinski definition) is 4. The lowest BCUT2D eigenvalue weighted by molar-refractivity contribution is -0.115. The molecule has 0 saturated heterocycles. The van der Waals surface area contributed by atoms with Crippen molar-refractivity contribution in [2.75, 3.05) is 12.4 Å². The number of aromatic nitrogens is 2. The van der Waals surface area contributed by atoms with Crippen LogP contribution in [0.15, 0.2) is 30.3 Å². The quantitative estimate of drug-likeness (QED) is 0.880. The zero-order valence-electron chi connectivity index (χ0n) is 11.2. The summed E-state index contributed by atoms with van der Waals surface area (Å²) in [6.45, 7) is 2.00. The van der Waals surface area contributed by atoms with Gasteiger partial charge in [0.15, 0.2) is 0 Å². The average Bonchev–Trinajstić information content (AvgIpc) is 2.40. The van der Waals surface area contributed by atoms with Gasteiger partial charge in [0.1, 0.15) is 5.15 Å². The zero-order valence-corrected chi connectivity index (χ0v) is 11.9. The number of hydrogen-bond donors (Lipinski definition) is 1. The second kappa shape index (κ2) is 6.34. The largest absolute Gasteiger partial charge is 0.481 e. The lowest BCUT2D eigenvalue weighted by atomic mass is 10.1.